The lowest BCUT2D eigenvalue weighted by molar-refractivity contribution is 0.0739. The van der Waals surface area contributed by atoms with E-state index in [-0.39, 0.29) is 11.7 Å². The molecule has 1 aromatic heterocycles. The van der Waals surface area contributed by atoms with Crippen molar-refractivity contribution in [1.82, 2.24) is 9.97 Å². The zero-order valence-electron chi connectivity index (χ0n) is 18.9. The summed E-state index contributed by atoms with van der Waals surface area (Å²) < 4.78 is 5.56. The Balaban J connectivity index is 1.54. The molecule has 0 saturated carbocycles. The van der Waals surface area contributed by atoms with Crippen molar-refractivity contribution in [2.75, 3.05) is 18.0 Å². The van der Waals surface area contributed by atoms with E-state index in [0.717, 1.165) is 40.8 Å². The van der Waals surface area contributed by atoms with Gasteiger partial charge in [0.25, 0.3) is 0 Å². The predicted molar refractivity (Wildman–Crippen MR) is 132 cm³/mol. The molecule has 1 aliphatic heterocycles. The van der Waals surface area contributed by atoms with Crippen LogP contribution in [0.15, 0.2) is 72.8 Å². The topological polar surface area (TPSA) is 102 Å². The van der Waals surface area contributed by atoms with Crippen molar-refractivity contribution < 1.29 is 14.6 Å². The summed E-state index contributed by atoms with van der Waals surface area (Å²) in [6.45, 7) is 3.42. The molecule has 1 unspecified atom stereocenters. The predicted octanol–water partition coefficient (Wildman–Crippen LogP) is 4.97. The maximum absolute atomic E-state index is 11.7. The van der Waals surface area contributed by atoms with Crippen LogP contribution in [0, 0.1) is 12.8 Å². The smallest absolute Gasteiger partial charge is 0.405 e. The number of phenols is 1. The summed E-state index contributed by atoms with van der Waals surface area (Å²) in [7, 11) is 0. The fourth-order valence-corrected chi connectivity index (χ4v) is 4.68. The van der Waals surface area contributed by atoms with Gasteiger partial charge in [0.1, 0.15) is 17.7 Å². The SMILES string of the molecule is Cc1ccc2c(N3CC[C@@H](C(OC(N)=O)c4ccccc4)C3)nc(-c3ccccc3O)nc2c1. The number of para-hydroxylation sites is 1. The minimum atomic E-state index is -0.780. The van der Waals surface area contributed by atoms with Gasteiger partial charge in [-0.3, -0.25) is 0 Å². The number of hydrogen-bond acceptors (Lipinski definition) is 6. The number of primary amides is 1. The van der Waals surface area contributed by atoms with Gasteiger partial charge < -0.3 is 20.5 Å². The molecule has 4 aromatic rings. The highest BCUT2D eigenvalue weighted by atomic mass is 16.6. The number of phenolic OH excluding ortho intramolecular Hbond substituents is 1. The lowest BCUT2D eigenvalue weighted by atomic mass is 9.95. The van der Waals surface area contributed by atoms with Gasteiger partial charge in [0.15, 0.2) is 5.82 Å². The van der Waals surface area contributed by atoms with Crippen molar-refractivity contribution in [3.63, 3.8) is 0 Å². The monoisotopic (exact) mass is 454 g/mol. The van der Waals surface area contributed by atoms with E-state index in [1.807, 2.05) is 67.6 Å². The van der Waals surface area contributed by atoms with Crippen LogP contribution >= 0.6 is 0 Å². The Morgan fingerprint density at radius 3 is 2.62 bits per heavy atom. The van der Waals surface area contributed by atoms with E-state index in [4.69, 9.17) is 20.4 Å². The third-order valence-corrected chi connectivity index (χ3v) is 6.30. The second-order valence-electron chi connectivity index (χ2n) is 8.67. The summed E-state index contributed by atoms with van der Waals surface area (Å²) in [6, 6.07) is 22.9. The average molecular weight is 455 g/mol. The van der Waals surface area contributed by atoms with Gasteiger partial charge >= 0.3 is 6.09 Å². The molecule has 1 saturated heterocycles. The summed E-state index contributed by atoms with van der Waals surface area (Å²) in [5.41, 5.74) is 8.83. The van der Waals surface area contributed by atoms with E-state index < -0.39 is 12.2 Å². The first kappa shape index (κ1) is 21.7. The number of aromatic hydroxyl groups is 1. The molecule has 1 amide bonds. The first-order chi connectivity index (χ1) is 16.5. The second kappa shape index (κ2) is 9.02. The quantitative estimate of drug-likeness (QED) is 0.441. The number of aryl methyl sites for hydroxylation is 1. The summed E-state index contributed by atoms with van der Waals surface area (Å²) in [6.07, 6.45) is -0.398. The highest BCUT2D eigenvalue weighted by Crippen LogP contribution is 2.38. The second-order valence-corrected chi connectivity index (χ2v) is 8.67. The van der Waals surface area contributed by atoms with Gasteiger partial charge in [-0.05, 0) is 48.7 Å². The van der Waals surface area contributed by atoms with Crippen LogP contribution < -0.4 is 10.6 Å². The van der Waals surface area contributed by atoms with Gasteiger partial charge in [-0.25, -0.2) is 14.8 Å². The highest BCUT2D eigenvalue weighted by Gasteiger charge is 2.34. The molecule has 2 heterocycles. The molecule has 7 nitrogen and oxygen atoms in total. The van der Waals surface area contributed by atoms with Crippen molar-refractivity contribution in [2.24, 2.45) is 11.7 Å². The molecule has 5 rings (SSSR count). The first-order valence-electron chi connectivity index (χ1n) is 11.3. The van der Waals surface area contributed by atoms with Gasteiger partial charge in [-0.15, -0.1) is 0 Å². The molecule has 7 heteroatoms. The minimum Gasteiger partial charge on any atom is -0.507 e. The van der Waals surface area contributed by atoms with E-state index in [0.29, 0.717) is 17.9 Å². The summed E-state index contributed by atoms with van der Waals surface area (Å²) in [5, 5.41) is 11.4. The van der Waals surface area contributed by atoms with Gasteiger partial charge in [0.05, 0.1) is 11.1 Å². The average Bonchev–Trinajstić information content (AvgIpc) is 3.32. The Kier molecular flexibility index (Phi) is 5.76. The number of benzene rings is 3. The number of rotatable bonds is 5. The fourth-order valence-electron chi connectivity index (χ4n) is 4.68. The maximum Gasteiger partial charge on any atom is 0.405 e. The Morgan fingerprint density at radius 2 is 1.85 bits per heavy atom. The Bertz CT molecular complexity index is 1340. The van der Waals surface area contributed by atoms with E-state index in [2.05, 4.69) is 4.90 Å². The van der Waals surface area contributed by atoms with E-state index in [9.17, 15) is 9.90 Å². The third kappa shape index (κ3) is 4.24. The molecule has 1 aliphatic rings. The number of carbonyl (C=O) groups excluding carboxylic acids is 1. The molecular formula is C27H26N4O3. The molecular weight excluding hydrogens is 428 g/mol. The van der Waals surface area contributed by atoms with Crippen molar-refractivity contribution in [3.05, 3.63) is 83.9 Å². The van der Waals surface area contributed by atoms with Gasteiger partial charge in [-0.2, -0.15) is 0 Å². The lowest BCUT2D eigenvalue weighted by Crippen LogP contribution is -2.27. The Labute approximate surface area is 197 Å². The van der Waals surface area contributed by atoms with Gasteiger partial charge in [0.2, 0.25) is 0 Å². The number of nitrogens with zero attached hydrogens (tertiary/aromatic N) is 3. The summed E-state index contributed by atoms with van der Waals surface area (Å²) >= 11 is 0. The summed E-state index contributed by atoms with van der Waals surface area (Å²) in [5.74, 6) is 1.47. The number of hydrogen-bond donors (Lipinski definition) is 2. The molecule has 1 fully saturated rings. The number of carbonyl (C=O) groups is 1. The van der Waals surface area contributed by atoms with Gasteiger partial charge in [-0.1, -0.05) is 48.5 Å². The zero-order chi connectivity index (χ0) is 23.7. The van der Waals surface area contributed by atoms with E-state index >= 15 is 0 Å². The Hall–Kier alpha value is -4.13. The highest BCUT2D eigenvalue weighted by molar-refractivity contribution is 5.92. The van der Waals surface area contributed by atoms with Crippen molar-refractivity contribution in [2.45, 2.75) is 19.4 Å². The maximum atomic E-state index is 11.7. The number of amides is 1. The number of aromatic nitrogens is 2. The van der Waals surface area contributed by atoms with E-state index in [1.54, 1.807) is 12.1 Å². The van der Waals surface area contributed by atoms with Crippen LogP contribution in [0.3, 0.4) is 0 Å². The standard InChI is InChI=1S/C27H26N4O3/c1-17-11-12-20-22(15-17)29-25(21-9-5-6-10-23(21)32)30-26(20)31-14-13-19(16-31)24(34-27(28)33)18-7-3-2-4-8-18/h2-12,15,19,24,32H,13-14,16H2,1H3,(H2,28,33)/t19-,24?/m1/s1. The number of anilines is 1. The molecule has 0 aliphatic carbocycles. The van der Waals surface area contributed by atoms with Crippen molar-refractivity contribution in [3.8, 4) is 17.1 Å². The zero-order valence-corrected chi connectivity index (χ0v) is 18.9. The van der Waals surface area contributed by atoms with Crippen molar-refractivity contribution >= 4 is 22.8 Å². The molecule has 3 N–H and O–H groups in total. The van der Waals surface area contributed by atoms with Crippen LogP contribution in [0.1, 0.15) is 23.7 Å². The number of fused-ring (bicyclic) bond motifs is 1. The lowest BCUT2D eigenvalue weighted by Gasteiger charge is -2.25. The molecule has 2 atom stereocenters. The largest absolute Gasteiger partial charge is 0.507 e. The fraction of sp³-hybridized carbons (Fsp3) is 0.222. The molecule has 34 heavy (non-hydrogen) atoms. The molecule has 172 valence electrons. The van der Waals surface area contributed by atoms with Crippen LogP contribution in [0.25, 0.3) is 22.3 Å². The minimum absolute atomic E-state index is 0.0546. The van der Waals surface area contributed by atoms with Crippen LogP contribution in [-0.4, -0.2) is 34.3 Å². The van der Waals surface area contributed by atoms with Crippen molar-refractivity contribution in [1.29, 1.82) is 0 Å². The van der Waals surface area contributed by atoms with Crippen LogP contribution in [-0.2, 0) is 4.74 Å². The number of ether oxygens (including phenoxy) is 1. The third-order valence-electron chi connectivity index (χ3n) is 6.30. The number of nitrogens with two attached hydrogens (primary N) is 1. The van der Waals surface area contributed by atoms with Crippen LogP contribution in [0.5, 0.6) is 5.75 Å². The molecule has 3 aromatic carbocycles. The first-order valence-corrected chi connectivity index (χ1v) is 11.3. The van der Waals surface area contributed by atoms with Gasteiger partial charge in [0, 0.05) is 24.4 Å². The normalized spacial score (nSPS) is 16.5. The Morgan fingerprint density at radius 1 is 1.09 bits per heavy atom. The van der Waals surface area contributed by atoms with Crippen LogP contribution in [0.2, 0.25) is 0 Å². The molecule has 0 radical (unpaired) electrons. The van der Waals surface area contributed by atoms with E-state index in [1.165, 1.54) is 0 Å². The summed E-state index contributed by atoms with van der Waals surface area (Å²) in [4.78, 5) is 23.5. The van der Waals surface area contributed by atoms with Crippen LogP contribution in [0.4, 0.5) is 10.6 Å². The molecule has 0 bridgehead atoms. The molecule has 0 spiro atoms.